The molecule has 0 bridgehead atoms. The molecule has 1 heterocycles. The van der Waals surface area contributed by atoms with Crippen molar-refractivity contribution in [2.45, 2.75) is 12.5 Å². The number of nitro groups is 1. The molecule has 23 heavy (non-hydrogen) atoms. The molecule has 6 nitrogen and oxygen atoms in total. The van der Waals surface area contributed by atoms with Crippen molar-refractivity contribution in [2.24, 2.45) is 5.10 Å². The Morgan fingerprint density at radius 1 is 1.30 bits per heavy atom. The summed E-state index contributed by atoms with van der Waals surface area (Å²) in [4.78, 5) is 10.7. The quantitative estimate of drug-likeness (QED) is 0.644. The molecule has 2 aromatic carbocycles. The molecule has 0 radical (unpaired) electrons. The zero-order valence-corrected chi connectivity index (χ0v) is 13.2. The number of phenols is 1. The molecule has 0 spiro atoms. The number of nitrogens with one attached hydrogen (secondary N) is 1. The van der Waals surface area contributed by atoms with Gasteiger partial charge < -0.3 is 10.5 Å². The molecule has 2 N–H and O–H groups in total. The number of aromatic hydroxyl groups is 1. The van der Waals surface area contributed by atoms with Crippen molar-refractivity contribution in [3.63, 3.8) is 0 Å². The van der Waals surface area contributed by atoms with Gasteiger partial charge >= 0.3 is 0 Å². The van der Waals surface area contributed by atoms with Crippen molar-refractivity contribution < 1.29 is 10.0 Å². The van der Waals surface area contributed by atoms with Gasteiger partial charge in [-0.3, -0.25) is 10.1 Å². The number of nitro benzene ring substituents is 1. The minimum absolute atomic E-state index is 0.0230. The second-order valence-corrected chi connectivity index (χ2v) is 5.89. The SMILES string of the molecule is O=[N+]([O-])c1ccccc1C1CC(c2cc(Cl)cc(Cl)c2O)=NN1. The van der Waals surface area contributed by atoms with Crippen molar-refractivity contribution in [1.29, 1.82) is 0 Å². The fourth-order valence-electron chi connectivity index (χ4n) is 2.52. The largest absolute Gasteiger partial charge is 0.506 e. The van der Waals surface area contributed by atoms with Gasteiger partial charge in [0.05, 0.1) is 27.3 Å². The Labute approximate surface area is 141 Å². The van der Waals surface area contributed by atoms with Gasteiger partial charge in [-0.05, 0) is 12.1 Å². The number of phenolic OH excluding ortho intramolecular Hbond substituents is 1. The van der Waals surface area contributed by atoms with Gasteiger partial charge in [-0.25, -0.2) is 0 Å². The van der Waals surface area contributed by atoms with Crippen molar-refractivity contribution in [1.82, 2.24) is 5.43 Å². The number of hydrogen-bond acceptors (Lipinski definition) is 5. The Morgan fingerprint density at radius 3 is 2.78 bits per heavy atom. The molecule has 0 fully saturated rings. The van der Waals surface area contributed by atoms with Gasteiger partial charge in [-0.15, -0.1) is 0 Å². The lowest BCUT2D eigenvalue weighted by Gasteiger charge is -2.11. The highest BCUT2D eigenvalue weighted by molar-refractivity contribution is 6.36. The number of hydrazone groups is 1. The summed E-state index contributed by atoms with van der Waals surface area (Å²) in [5.41, 5.74) is 4.37. The molecule has 118 valence electrons. The van der Waals surface area contributed by atoms with E-state index in [1.165, 1.54) is 12.1 Å². The fraction of sp³-hybridized carbons (Fsp3) is 0.133. The van der Waals surface area contributed by atoms with Crippen LogP contribution >= 0.6 is 23.2 Å². The van der Waals surface area contributed by atoms with E-state index in [0.717, 1.165) is 0 Å². The van der Waals surface area contributed by atoms with E-state index in [1.54, 1.807) is 24.3 Å². The molecule has 1 unspecified atom stereocenters. The summed E-state index contributed by atoms with van der Waals surface area (Å²) in [6, 6.07) is 9.11. The molecule has 0 saturated heterocycles. The van der Waals surface area contributed by atoms with Crippen molar-refractivity contribution in [2.75, 3.05) is 0 Å². The van der Waals surface area contributed by atoms with Gasteiger partial charge in [0.15, 0.2) is 0 Å². The second kappa shape index (κ2) is 6.06. The highest BCUT2D eigenvalue weighted by atomic mass is 35.5. The molecule has 0 amide bonds. The molecular formula is C15H11Cl2N3O3. The maximum absolute atomic E-state index is 11.1. The van der Waals surface area contributed by atoms with Crippen LogP contribution in [0, 0.1) is 10.1 Å². The number of hydrogen-bond donors (Lipinski definition) is 2. The third kappa shape index (κ3) is 2.95. The molecule has 0 saturated carbocycles. The van der Waals surface area contributed by atoms with E-state index in [4.69, 9.17) is 23.2 Å². The molecular weight excluding hydrogens is 341 g/mol. The van der Waals surface area contributed by atoms with Crippen LogP contribution in [-0.4, -0.2) is 15.7 Å². The standard InChI is InChI=1S/C15H11Cl2N3O3/c16-8-5-10(15(21)11(17)6-8)13-7-12(18-19-13)9-3-1-2-4-14(9)20(22)23/h1-6,12,18,21H,7H2. The lowest BCUT2D eigenvalue weighted by atomic mass is 9.97. The van der Waals surface area contributed by atoms with E-state index < -0.39 is 4.92 Å². The van der Waals surface area contributed by atoms with Gasteiger partial charge in [0.1, 0.15) is 5.75 Å². The van der Waals surface area contributed by atoms with Gasteiger partial charge in [0.2, 0.25) is 0 Å². The highest BCUT2D eigenvalue weighted by Gasteiger charge is 2.28. The summed E-state index contributed by atoms with van der Waals surface area (Å²) < 4.78 is 0. The smallest absolute Gasteiger partial charge is 0.274 e. The minimum atomic E-state index is -0.428. The first-order valence-corrected chi connectivity index (χ1v) is 7.46. The van der Waals surface area contributed by atoms with Gasteiger partial charge in [-0.1, -0.05) is 41.4 Å². The van der Waals surface area contributed by atoms with Crippen LogP contribution in [0.3, 0.4) is 0 Å². The van der Waals surface area contributed by atoms with Gasteiger partial charge in [-0.2, -0.15) is 5.10 Å². The molecule has 1 aliphatic heterocycles. The fourth-order valence-corrected chi connectivity index (χ4v) is 3.02. The normalized spacial score (nSPS) is 16.8. The Morgan fingerprint density at radius 2 is 2.04 bits per heavy atom. The summed E-state index contributed by atoms with van der Waals surface area (Å²) in [5.74, 6) is -0.111. The molecule has 3 rings (SSSR count). The molecule has 0 aliphatic carbocycles. The van der Waals surface area contributed by atoms with Gasteiger partial charge in [0, 0.05) is 23.1 Å². The third-order valence-corrected chi connectivity index (χ3v) is 4.11. The first kappa shape index (κ1) is 15.6. The van der Waals surface area contributed by atoms with Gasteiger partial charge in [0.25, 0.3) is 5.69 Å². The predicted molar refractivity (Wildman–Crippen MR) is 88.3 cm³/mol. The zero-order valence-electron chi connectivity index (χ0n) is 11.7. The van der Waals surface area contributed by atoms with Crippen LogP contribution in [-0.2, 0) is 0 Å². The van der Waals surface area contributed by atoms with Crippen LogP contribution in [0.2, 0.25) is 10.0 Å². The number of nitrogens with zero attached hydrogens (tertiary/aromatic N) is 2. The summed E-state index contributed by atoms with van der Waals surface area (Å²) in [7, 11) is 0. The highest BCUT2D eigenvalue weighted by Crippen LogP contribution is 2.36. The Kier molecular flexibility index (Phi) is 4.11. The van der Waals surface area contributed by atoms with E-state index in [-0.39, 0.29) is 22.5 Å². The maximum Gasteiger partial charge on any atom is 0.274 e. The molecule has 1 aliphatic rings. The predicted octanol–water partition coefficient (Wildman–Crippen LogP) is 4.05. The van der Waals surface area contributed by atoms with E-state index in [2.05, 4.69) is 10.5 Å². The average Bonchev–Trinajstić information content (AvgIpc) is 3.00. The summed E-state index contributed by atoms with van der Waals surface area (Å²) in [6.45, 7) is 0. The summed E-state index contributed by atoms with van der Waals surface area (Å²) in [6.07, 6.45) is 0.370. The van der Waals surface area contributed by atoms with Crippen LogP contribution < -0.4 is 5.43 Å². The molecule has 2 aromatic rings. The van der Waals surface area contributed by atoms with Crippen LogP contribution in [0.25, 0.3) is 0 Å². The van der Waals surface area contributed by atoms with E-state index >= 15 is 0 Å². The Hall–Kier alpha value is -2.31. The number of rotatable bonds is 3. The summed E-state index contributed by atoms with van der Waals surface area (Å²) in [5, 5.41) is 25.9. The van der Waals surface area contributed by atoms with Crippen molar-refractivity contribution in [3.8, 4) is 5.75 Å². The average molecular weight is 352 g/mol. The first-order chi connectivity index (χ1) is 11.0. The number of halogens is 2. The Balaban J connectivity index is 1.91. The topological polar surface area (TPSA) is 87.8 Å². The number of benzene rings is 2. The zero-order chi connectivity index (χ0) is 16.6. The van der Waals surface area contributed by atoms with Crippen LogP contribution in [0.15, 0.2) is 41.5 Å². The number of para-hydroxylation sites is 1. The van der Waals surface area contributed by atoms with E-state index in [0.29, 0.717) is 28.3 Å². The molecule has 1 atom stereocenters. The minimum Gasteiger partial charge on any atom is -0.506 e. The third-order valence-electron chi connectivity index (χ3n) is 3.60. The maximum atomic E-state index is 11.1. The lowest BCUT2D eigenvalue weighted by Crippen LogP contribution is -2.12. The lowest BCUT2D eigenvalue weighted by molar-refractivity contribution is -0.385. The van der Waals surface area contributed by atoms with E-state index in [9.17, 15) is 15.2 Å². The molecule has 8 heteroatoms. The van der Waals surface area contributed by atoms with E-state index in [1.807, 2.05) is 0 Å². The Bertz CT molecular complexity index is 824. The first-order valence-electron chi connectivity index (χ1n) is 6.71. The monoisotopic (exact) mass is 351 g/mol. The van der Waals surface area contributed by atoms with Crippen molar-refractivity contribution >= 4 is 34.6 Å². The summed E-state index contributed by atoms with van der Waals surface area (Å²) >= 11 is 11.9. The van der Waals surface area contributed by atoms with Crippen molar-refractivity contribution in [3.05, 3.63) is 67.7 Å². The second-order valence-electron chi connectivity index (χ2n) is 5.04. The van der Waals surface area contributed by atoms with Crippen LogP contribution in [0.1, 0.15) is 23.6 Å². The van der Waals surface area contributed by atoms with Crippen LogP contribution in [0.5, 0.6) is 5.75 Å². The van der Waals surface area contributed by atoms with Crippen LogP contribution in [0.4, 0.5) is 5.69 Å². The molecule has 0 aromatic heterocycles.